The van der Waals surface area contributed by atoms with Crippen LogP contribution in [0.1, 0.15) is 43.2 Å². The largest absolute Gasteiger partial charge is 0.444 e. The van der Waals surface area contributed by atoms with Crippen molar-refractivity contribution in [2.45, 2.75) is 39.3 Å². The summed E-state index contributed by atoms with van der Waals surface area (Å²) in [6.45, 7) is 5.71. The molecule has 0 aliphatic heterocycles. The molecule has 1 aromatic heterocycles. The molecule has 0 aliphatic rings. The summed E-state index contributed by atoms with van der Waals surface area (Å²) in [5.74, 6) is -0.558. The number of rotatable bonds is 7. The van der Waals surface area contributed by atoms with Crippen molar-refractivity contribution in [2.24, 2.45) is 0 Å². The molecule has 154 valence electrons. The zero-order valence-electron chi connectivity index (χ0n) is 16.8. The molecule has 8 nitrogen and oxygen atoms in total. The molecule has 0 spiro atoms. The molecule has 0 fully saturated rings. The number of anilines is 1. The van der Waals surface area contributed by atoms with Crippen molar-refractivity contribution in [3.05, 3.63) is 59.9 Å². The second-order valence-corrected chi connectivity index (χ2v) is 7.28. The molecule has 0 bridgehead atoms. The lowest BCUT2D eigenvalue weighted by atomic mass is 10.1. The summed E-state index contributed by atoms with van der Waals surface area (Å²) in [5, 5.41) is 8.12. The highest BCUT2D eigenvalue weighted by molar-refractivity contribution is 6.03. The van der Waals surface area contributed by atoms with E-state index in [1.165, 1.54) is 0 Å². The van der Waals surface area contributed by atoms with Crippen LogP contribution >= 0.6 is 0 Å². The number of carbonyl (C=O) groups is 3. The van der Waals surface area contributed by atoms with Gasteiger partial charge in [0.1, 0.15) is 11.3 Å². The standard InChI is InChI=1S/C21H26N4O4/c1-21(2,3)29-20(28)23-13-11-18(26)24-14-15-8-4-5-9-16(15)25-19(27)17-10-6-7-12-22-17/h4-10,12H,11,13-14H2,1-3H3,(H,23,28)(H,24,26)(H,25,27). The van der Waals surface area contributed by atoms with E-state index in [4.69, 9.17) is 4.74 Å². The average molecular weight is 398 g/mol. The van der Waals surface area contributed by atoms with Gasteiger partial charge in [0.2, 0.25) is 5.91 Å². The number of alkyl carbamates (subject to hydrolysis) is 1. The van der Waals surface area contributed by atoms with E-state index in [1.54, 1.807) is 57.3 Å². The van der Waals surface area contributed by atoms with E-state index in [9.17, 15) is 14.4 Å². The Kier molecular flexibility index (Phi) is 7.70. The van der Waals surface area contributed by atoms with E-state index in [2.05, 4.69) is 20.9 Å². The minimum atomic E-state index is -0.588. The fourth-order valence-corrected chi connectivity index (χ4v) is 2.35. The zero-order valence-corrected chi connectivity index (χ0v) is 16.8. The Balaban J connectivity index is 1.82. The van der Waals surface area contributed by atoms with Crippen molar-refractivity contribution in [2.75, 3.05) is 11.9 Å². The van der Waals surface area contributed by atoms with Crippen molar-refractivity contribution in [3.8, 4) is 0 Å². The molecule has 0 saturated heterocycles. The molecular formula is C21H26N4O4. The van der Waals surface area contributed by atoms with Gasteiger partial charge in [-0.1, -0.05) is 24.3 Å². The second kappa shape index (κ2) is 10.2. The molecular weight excluding hydrogens is 372 g/mol. The summed E-state index contributed by atoms with van der Waals surface area (Å²) in [7, 11) is 0. The summed E-state index contributed by atoms with van der Waals surface area (Å²) in [6, 6.07) is 12.3. The smallest absolute Gasteiger partial charge is 0.407 e. The number of nitrogens with zero attached hydrogens (tertiary/aromatic N) is 1. The molecule has 3 amide bonds. The Morgan fingerprint density at radius 2 is 1.72 bits per heavy atom. The lowest BCUT2D eigenvalue weighted by Crippen LogP contribution is -2.35. The quantitative estimate of drug-likeness (QED) is 0.664. The monoisotopic (exact) mass is 398 g/mol. The summed E-state index contributed by atoms with van der Waals surface area (Å²) in [4.78, 5) is 39.9. The average Bonchev–Trinajstić information content (AvgIpc) is 2.66. The Bertz CT molecular complexity index is 847. The molecule has 1 aromatic carbocycles. The summed E-state index contributed by atoms with van der Waals surface area (Å²) >= 11 is 0. The van der Waals surface area contributed by atoms with Crippen LogP contribution in [0.2, 0.25) is 0 Å². The fourth-order valence-electron chi connectivity index (χ4n) is 2.35. The first kappa shape index (κ1) is 21.9. The Morgan fingerprint density at radius 3 is 2.41 bits per heavy atom. The number of aromatic nitrogens is 1. The third kappa shape index (κ3) is 8.00. The van der Waals surface area contributed by atoms with Gasteiger partial charge in [-0.25, -0.2) is 4.79 Å². The molecule has 0 aliphatic carbocycles. The summed E-state index contributed by atoms with van der Waals surface area (Å²) < 4.78 is 5.11. The number of amides is 3. The van der Waals surface area contributed by atoms with Gasteiger partial charge in [-0.05, 0) is 44.5 Å². The highest BCUT2D eigenvalue weighted by atomic mass is 16.6. The SMILES string of the molecule is CC(C)(C)OC(=O)NCCC(=O)NCc1ccccc1NC(=O)c1ccccn1. The summed E-state index contributed by atoms with van der Waals surface area (Å²) in [5.41, 5.74) is 1.07. The van der Waals surface area contributed by atoms with E-state index in [1.807, 2.05) is 12.1 Å². The van der Waals surface area contributed by atoms with Crippen LogP contribution in [0.4, 0.5) is 10.5 Å². The van der Waals surface area contributed by atoms with E-state index in [0.29, 0.717) is 11.4 Å². The van der Waals surface area contributed by atoms with Crippen molar-refractivity contribution in [1.82, 2.24) is 15.6 Å². The van der Waals surface area contributed by atoms with Gasteiger partial charge in [-0.2, -0.15) is 0 Å². The maximum Gasteiger partial charge on any atom is 0.407 e. The van der Waals surface area contributed by atoms with Gasteiger partial charge in [0, 0.05) is 31.4 Å². The predicted octanol–water partition coefficient (Wildman–Crippen LogP) is 2.86. The van der Waals surface area contributed by atoms with E-state index < -0.39 is 11.7 Å². The number of nitrogens with one attached hydrogen (secondary N) is 3. The molecule has 0 saturated carbocycles. The molecule has 0 unspecified atom stereocenters. The molecule has 0 atom stereocenters. The van der Waals surface area contributed by atoms with Crippen molar-refractivity contribution in [3.63, 3.8) is 0 Å². The molecule has 29 heavy (non-hydrogen) atoms. The Morgan fingerprint density at radius 1 is 1.00 bits per heavy atom. The van der Waals surface area contributed by atoms with E-state index in [0.717, 1.165) is 5.56 Å². The maximum absolute atomic E-state index is 12.3. The van der Waals surface area contributed by atoms with Crippen molar-refractivity contribution >= 4 is 23.6 Å². The molecule has 2 aromatic rings. The molecule has 1 heterocycles. The molecule has 3 N–H and O–H groups in total. The van der Waals surface area contributed by atoms with Crippen LogP contribution in [0.3, 0.4) is 0 Å². The van der Waals surface area contributed by atoms with Gasteiger partial charge in [0.15, 0.2) is 0 Å². The van der Waals surface area contributed by atoms with Gasteiger partial charge in [0.25, 0.3) is 5.91 Å². The van der Waals surface area contributed by atoms with Gasteiger partial charge in [0.05, 0.1) is 0 Å². The normalized spacial score (nSPS) is 10.7. The number of benzene rings is 1. The van der Waals surface area contributed by atoms with Gasteiger partial charge in [-0.15, -0.1) is 0 Å². The minimum absolute atomic E-state index is 0.113. The van der Waals surface area contributed by atoms with Crippen LogP contribution < -0.4 is 16.0 Å². The number of pyridine rings is 1. The third-order valence-corrected chi connectivity index (χ3v) is 3.66. The van der Waals surface area contributed by atoms with Gasteiger partial charge < -0.3 is 20.7 Å². The highest BCUT2D eigenvalue weighted by Crippen LogP contribution is 2.16. The Labute approximate surface area is 170 Å². The van der Waals surface area contributed by atoms with Crippen molar-refractivity contribution < 1.29 is 19.1 Å². The third-order valence-electron chi connectivity index (χ3n) is 3.66. The van der Waals surface area contributed by atoms with E-state index in [-0.39, 0.29) is 31.3 Å². The zero-order chi connectivity index (χ0) is 21.3. The molecule has 2 rings (SSSR count). The first-order valence-electron chi connectivity index (χ1n) is 9.28. The maximum atomic E-state index is 12.3. The van der Waals surface area contributed by atoms with Gasteiger partial charge >= 0.3 is 6.09 Å². The molecule has 0 radical (unpaired) electrons. The highest BCUT2D eigenvalue weighted by Gasteiger charge is 2.16. The van der Waals surface area contributed by atoms with E-state index >= 15 is 0 Å². The number of hydrogen-bond acceptors (Lipinski definition) is 5. The molecule has 8 heteroatoms. The van der Waals surface area contributed by atoms with Gasteiger partial charge in [-0.3, -0.25) is 14.6 Å². The van der Waals surface area contributed by atoms with Crippen molar-refractivity contribution in [1.29, 1.82) is 0 Å². The topological polar surface area (TPSA) is 109 Å². The van der Waals surface area contributed by atoms with Crippen LogP contribution in [-0.4, -0.2) is 35.0 Å². The summed E-state index contributed by atoms with van der Waals surface area (Å²) in [6.07, 6.45) is 1.10. The predicted molar refractivity (Wildman–Crippen MR) is 109 cm³/mol. The number of para-hydroxylation sites is 1. The second-order valence-electron chi connectivity index (χ2n) is 7.28. The number of carbonyl (C=O) groups excluding carboxylic acids is 3. The first-order chi connectivity index (χ1) is 13.7. The number of hydrogen-bond donors (Lipinski definition) is 3. The Hall–Kier alpha value is -3.42. The number of ether oxygens (including phenoxy) is 1. The van der Waals surface area contributed by atoms with Crippen LogP contribution in [-0.2, 0) is 16.1 Å². The fraction of sp³-hybridized carbons (Fsp3) is 0.333. The van der Waals surface area contributed by atoms with Crippen LogP contribution in [0, 0.1) is 0 Å². The van der Waals surface area contributed by atoms with Crippen LogP contribution in [0.5, 0.6) is 0 Å². The lowest BCUT2D eigenvalue weighted by Gasteiger charge is -2.19. The van der Waals surface area contributed by atoms with Crippen LogP contribution in [0.25, 0.3) is 0 Å². The minimum Gasteiger partial charge on any atom is -0.444 e. The lowest BCUT2D eigenvalue weighted by molar-refractivity contribution is -0.121. The van der Waals surface area contributed by atoms with Crippen LogP contribution in [0.15, 0.2) is 48.7 Å². The first-order valence-corrected chi connectivity index (χ1v) is 9.28.